The summed E-state index contributed by atoms with van der Waals surface area (Å²) in [5.74, 6) is -0.141. The van der Waals surface area contributed by atoms with Gasteiger partial charge in [-0.25, -0.2) is 0 Å². The van der Waals surface area contributed by atoms with Gasteiger partial charge in [-0.2, -0.15) is 0 Å². The van der Waals surface area contributed by atoms with Gasteiger partial charge in [-0.15, -0.1) is 0 Å². The lowest BCUT2D eigenvalue weighted by molar-refractivity contribution is 0.0447. The van der Waals surface area contributed by atoms with E-state index in [1.54, 1.807) is 7.11 Å². The smallest absolute Gasteiger partial charge is 0.268 e. The fourth-order valence-corrected chi connectivity index (χ4v) is 3.37. The first-order chi connectivity index (χ1) is 11.1. The number of rotatable bonds is 6. The van der Waals surface area contributed by atoms with Crippen molar-refractivity contribution < 1.29 is 14.6 Å². The molecule has 2 aromatic rings. The van der Waals surface area contributed by atoms with E-state index in [2.05, 4.69) is 5.32 Å². The highest BCUT2D eigenvalue weighted by Crippen LogP contribution is 2.28. The number of nitrogens with zero attached hydrogens (tertiary/aromatic N) is 1. The summed E-state index contributed by atoms with van der Waals surface area (Å²) in [6.07, 6.45) is 3.58. The molecule has 1 heterocycles. The van der Waals surface area contributed by atoms with Gasteiger partial charge in [0.25, 0.3) is 5.91 Å². The summed E-state index contributed by atoms with van der Waals surface area (Å²) in [7, 11) is 1.65. The first-order valence-electron chi connectivity index (χ1n) is 8.21. The molecule has 1 fully saturated rings. The molecular weight excluding hydrogens is 292 g/mol. The summed E-state index contributed by atoms with van der Waals surface area (Å²) in [5.41, 5.74) is 0.901. The molecule has 1 aliphatic rings. The van der Waals surface area contributed by atoms with Gasteiger partial charge in [-0.1, -0.05) is 31.0 Å². The third-order valence-electron chi connectivity index (χ3n) is 4.67. The van der Waals surface area contributed by atoms with Gasteiger partial charge < -0.3 is 19.7 Å². The minimum Gasteiger partial charge on any atom is -0.388 e. The number of benzene rings is 1. The summed E-state index contributed by atoms with van der Waals surface area (Å²) in [6, 6.07) is 9.84. The van der Waals surface area contributed by atoms with Crippen LogP contribution in [0.25, 0.3) is 10.9 Å². The first-order valence-corrected chi connectivity index (χ1v) is 8.21. The number of aliphatic hydroxyl groups is 1. The van der Waals surface area contributed by atoms with Gasteiger partial charge in [0.05, 0.1) is 12.2 Å². The number of hydrogen-bond donors (Lipinski definition) is 2. The molecule has 3 rings (SSSR count). The number of ether oxygens (including phenoxy) is 1. The lowest BCUT2D eigenvalue weighted by Gasteiger charge is -2.22. The van der Waals surface area contributed by atoms with E-state index in [0.717, 1.165) is 36.6 Å². The normalized spacial score (nSPS) is 16.8. The summed E-state index contributed by atoms with van der Waals surface area (Å²) in [5, 5.41) is 14.3. The van der Waals surface area contributed by atoms with Gasteiger partial charge in [-0.05, 0) is 25.0 Å². The third-order valence-corrected chi connectivity index (χ3v) is 4.67. The third kappa shape index (κ3) is 3.41. The number of carbonyl (C=O) groups is 1. The van der Waals surface area contributed by atoms with Crippen LogP contribution < -0.4 is 5.32 Å². The van der Waals surface area contributed by atoms with Crippen molar-refractivity contribution in [2.45, 2.75) is 37.8 Å². The van der Waals surface area contributed by atoms with Crippen LogP contribution in [0, 0.1) is 0 Å². The van der Waals surface area contributed by atoms with E-state index in [9.17, 15) is 9.90 Å². The second kappa shape index (κ2) is 6.72. The topological polar surface area (TPSA) is 63.5 Å². The SMILES string of the molecule is COCCn1c(C(=O)NCC2(O)CCCC2)cc2ccccc21. The molecule has 0 bridgehead atoms. The molecule has 0 spiro atoms. The molecule has 0 unspecified atom stereocenters. The number of fused-ring (bicyclic) bond motifs is 1. The quantitative estimate of drug-likeness (QED) is 0.860. The lowest BCUT2D eigenvalue weighted by Crippen LogP contribution is -2.41. The minimum atomic E-state index is -0.737. The highest BCUT2D eigenvalue weighted by atomic mass is 16.5. The van der Waals surface area contributed by atoms with Gasteiger partial charge in [0.15, 0.2) is 0 Å². The number of aromatic nitrogens is 1. The van der Waals surface area contributed by atoms with Crippen LogP contribution in [0.4, 0.5) is 0 Å². The Labute approximate surface area is 136 Å². The zero-order valence-corrected chi connectivity index (χ0v) is 13.5. The molecule has 0 aliphatic heterocycles. The van der Waals surface area contributed by atoms with Gasteiger partial charge in [0.2, 0.25) is 0 Å². The van der Waals surface area contributed by atoms with E-state index in [-0.39, 0.29) is 5.91 Å². The zero-order valence-electron chi connectivity index (χ0n) is 13.5. The average Bonchev–Trinajstić information content (AvgIpc) is 3.15. The average molecular weight is 316 g/mol. The Morgan fingerprint density at radius 2 is 2.09 bits per heavy atom. The van der Waals surface area contributed by atoms with E-state index in [1.165, 1.54) is 0 Å². The number of carbonyl (C=O) groups excluding carboxylic acids is 1. The maximum Gasteiger partial charge on any atom is 0.268 e. The molecule has 1 aromatic heterocycles. The molecule has 1 saturated carbocycles. The van der Waals surface area contributed by atoms with Crippen molar-refractivity contribution >= 4 is 16.8 Å². The highest BCUT2D eigenvalue weighted by molar-refractivity contribution is 5.98. The molecule has 0 radical (unpaired) electrons. The molecule has 5 heteroatoms. The van der Waals surface area contributed by atoms with Crippen LogP contribution in [0.1, 0.15) is 36.2 Å². The summed E-state index contributed by atoms with van der Waals surface area (Å²) in [6.45, 7) is 1.48. The van der Waals surface area contributed by atoms with Gasteiger partial charge in [-0.3, -0.25) is 4.79 Å². The fourth-order valence-electron chi connectivity index (χ4n) is 3.37. The number of amides is 1. The van der Waals surface area contributed by atoms with Crippen molar-refractivity contribution in [3.63, 3.8) is 0 Å². The Morgan fingerprint density at radius 3 is 2.83 bits per heavy atom. The Morgan fingerprint density at radius 1 is 1.35 bits per heavy atom. The fraction of sp³-hybridized carbons (Fsp3) is 0.500. The van der Waals surface area contributed by atoms with Crippen LogP contribution in [0.2, 0.25) is 0 Å². The van der Waals surface area contributed by atoms with E-state index in [4.69, 9.17) is 4.74 Å². The first kappa shape index (κ1) is 16.0. The van der Waals surface area contributed by atoms with Crippen molar-refractivity contribution in [2.24, 2.45) is 0 Å². The van der Waals surface area contributed by atoms with Crippen LogP contribution in [0.5, 0.6) is 0 Å². The monoisotopic (exact) mass is 316 g/mol. The summed E-state index contributed by atoms with van der Waals surface area (Å²) < 4.78 is 7.14. The maximum absolute atomic E-state index is 12.6. The second-order valence-corrected chi connectivity index (χ2v) is 6.35. The largest absolute Gasteiger partial charge is 0.388 e. The van der Waals surface area contributed by atoms with Crippen molar-refractivity contribution in [2.75, 3.05) is 20.3 Å². The molecule has 124 valence electrons. The van der Waals surface area contributed by atoms with Crippen molar-refractivity contribution in [1.29, 1.82) is 0 Å². The maximum atomic E-state index is 12.6. The summed E-state index contributed by atoms with van der Waals surface area (Å²) in [4.78, 5) is 12.6. The second-order valence-electron chi connectivity index (χ2n) is 6.35. The van der Waals surface area contributed by atoms with Gasteiger partial charge >= 0.3 is 0 Å². The van der Waals surface area contributed by atoms with Gasteiger partial charge in [0.1, 0.15) is 5.69 Å². The summed E-state index contributed by atoms with van der Waals surface area (Å²) >= 11 is 0. The Hall–Kier alpha value is -1.85. The predicted octanol–water partition coefficient (Wildman–Crippen LogP) is 2.32. The number of methoxy groups -OCH3 is 1. The van der Waals surface area contributed by atoms with Crippen LogP contribution in [0.15, 0.2) is 30.3 Å². The van der Waals surface area contributed by atoms with Gasteiger partial charge in [0, 0.05) is 31.1 Å². The van der Waals surface area contributed by atoms with Crippen molar-refractivity contribution in [3.8, 4) is 0 Å². The minimum absolute atomic E-state index is 0.141. The molecule has 5 nitrogen and oxygen atoms in total. The molecule has 2 N–H and O–H groups in total. The molecule has 23 heavy (non-hydrogen) atoms. The van der Waals surface area contributed by atoms with Crippen LogP contribution in [-0.4, -0.2) is 41.4 Å². The molecular formula is C18H24N2O3. The van der Waals surface area contributed by atoms with Crippen molar-refractivity contribution in [1.82, 2.24) is 9.88 Å². The van der Waals surface area contributed by atoms with Crippen LogP contribution >= 0.6 is 0 Å². The number of nitrogens with one attached hydrogen (secondary N) is 1. The van der Waals surface area contributed by atoms with E-state index < -0.39 is 5.60 Å². The molecule has 0 saturated heterocycles. The Bertz CT molecular complexity index is 687. The highest BCUT2D eigenvalue weighted by Gasteiger charge is 2.31. The molecule has 0 atom stereocenters. The van der Waals surface area contributed by atoms with Crippen LogP contribution in [0.3, 0.4) is 0 Å². The lowest BCUT2D eigenvalue weighted by atomic mass is 10.0. The zero-order chi connectivity index (χ0) is 16.3. The standard InChI is InChI=1S/C18H24N2O3/c1-23-11-10-20-15-7-3-2-6-14(15)12-16(20)17(21)19-13-18(22)8-4-5-9-18/h2-3,6-7,12,22H,4-5,8-11,13H2,1H3,(H,19,21). The Kier molecular flexibility index (Phi) is 4.68. The Balaban J connectivity index is 1.81. The number of para-hydroxylation sites is 1. The molecule has 1 aromatic carbocycles. The number of hydrogen-bond acceptors (Lipinski definition) is 3. The molecule has 1 aliphatic carbocycles. The van der Waals surface area contributed by atoms with E-state index in [0.29, 0.717) is 25.4 Å². The van der Waals surface area contributed by atoms with E-state index >= 15 is 0 Å². The van der Waals surface area contributed by atoms with E-state index in [1.807, 2.05) is 34.9 Å². The predicted molar refractivity (Wildman–Crippen MR) is 89.6 cm³/mol. The van der Waals surface area contributed by atoms with Crippen LogP contribution in [-0.2, 0) is 11.3 Å². The van der Waals surface area contributed by atoms with Crippen molar-refractivity contribution in [3.05, 3.63) is 36.0 Å². The molecule has 1 amide bonds.